The minimum Gasteiger partial charge on any atom is -0.497 e. The number of nitrogens with zero attached hydrogens (tertiary/aromatic N) is 3. The highest BCUT2D eigenvalue weighted by Crippen LogP contribution is 2.15. The average molecular weight is 373 g/mol. The molecular weight excluding hydrogens is 354 g/mol. The molecule has 0 bridgehead atoms. The Balaban J connectivity index is 1.52. The van der Waals surface area contributed by atoms with Gasteiger partial charge in [-0.25, -0.2) is 9.97 Å². The second kappa shape index (κ2) is 9.14. The normalized spacial score (nSPS) is 10.0. The zero-order valence-electron chi connectivity index (χ0n) is 15.3. The van der Waals surface area contributed by atoms with Gasteiger partial charge in [-0.3, -0.25) is 4.79 Å². The lowest BCUT2D eigenvalue weighted by atomic mass is 10.1. The molecule has 3 aromatic rings. The Morgan fingerprint density at radius 3 is 2.64 bits per heavy atom. The largest absolute Gasteiger partial charge is 0.497 e. The number of methoxy groups -OCH3 is 1. The molecule has 7 heteroatoms. The molecule has 0 unspecified atom stereocenters. The van der Waals surface area contributed by atoms with Crippen molar-refractivity contribution in [3.63, 3.8) is 0 Å². The van der Waals surface area contributed by atoms with E-state index in [0.717, 1.165) is 17.0 Å². The van der Waals surface area contributed by atoms with Crippen LogP contribution in [0.1, 0.15) is 21.6 Å². The Morgan fingerprint density at radius 2 is 1.96 bits per heavy atom. The summed E-state index contributed by atoms with van der Waals surface area (Å²) in [4.78, 5) is 20.6. The molecule has 2 aromatic carbocycles. The maximum absolute atomic E-state index is 12.2. The number of benzene rings is 2. The van der Waals surface area contributed by atoms with Gasteiger partial charge in [0.1, 0.15) is 17.3 Å². The van der Waals surface area contributed by atoms with E-state index in [-0.39, 0.29) is 11.6 Å². The topological polar surface area (TPSA) is 99.9 Å². The number of hydrogen-bond acceptors (Lipinski definition) is 6. The number of amides is 1. The predicted molar refractivity (Wildman–Crippen MR) is 106 cm³/mol. The Bertz CT molecular complexity index is 979. The molecule has 1 heterocycles. The highest BCUT2D eigenvalue weighted by atomic mass is 16.5. The van der Waals surface area contributed by atoms with Crippen molar-refractivity contribution in [3.05, 3.63) is 77.7 Å². The summed E-state index contributed by atoms with van der Waals surface area (Å²) in [6.45, 7) is 0.494. The van der Waals surface area contributed by atoms with Gasteiger partial charge in [0, 0.05) is 12.2 Å². The van der Waals surface area contributed by atoms with Gasteiger partial charge < -0.3 is 15.4 Å². The summed E-state index contributed by atoms with van der Waals surface area (Å²) < 4.78 is 5.12. The Labute approximate surface area is 163 Å². The Kier molecular flexibility index (Phi) is 6.16. The molecule has 3 rings (SSSR count). The van der Waals surface area contributed by atoms with Crippen molar-refractivity contribution < 1.29 is 9.53 Å². The first-order valence-electron chi connectivity index (χ1n) is 8.68. The average Bonchev–Trinajstić information content (AvgIpc) is 2.75. The fourth-order valence-electron chi connectivity index (χ4n) is 2.53. The van der Waals surface area contributed by atoms with E-state index in [4.69, 9.17) is 10.00 Å². The molecule has 0 fully saturated rings. The fraction of sp³-hybridized carbons (Fsp3) is 0.143. The van der Waals surface area contributed by atoms with Crippen LogP contribution in [-0.4, -0.2) is 29.5 Å². The number of ether oxygens (including phenoxy) is 1. The van der Waals surface area contributed by atoms with Crippen molar-refractivity contribution in [3.8, 4) is 11.8 Å². The second-order valence-electron chi connectivity index (χ2n) is 5.96. The van der Waals surface area contributed by atoms with E-state index in [1.807, 2.05) is 30.3 Å². The molecule has 0 spiro atoms. The number of rotatable bonds is 7. The molecule has 0 aliphatic carbocycles. The lowest BCUT2D eigenvalue weighted by Crippen LogP contribution is -2.26. The van der Waals surface area contributed by atoms with E-state index < -0.39 is 0 Å². The van der Waals surface area contributed by atoms with Crippen LogP contribution >= 0.6 is 0 Å². The highest BCUT2D eigenvalue weighted by Gasteiger charge is 2.08. The maximum atomic E-state index is 12.2. The number of aromatic nitrogens is 2. The van der Waals surface area contributed by atoms with Crippen LogP contribution in [0.15, 0.2) is 60.9 Å². The fourth-order valence-corrected chi connectivity index (χ4v) is 2.53. The van der Waals surface area contributed by atoms with Crippen LogP contribution in [0.2, 0.25) is 0 Å². The quantitative estimate of drug-likeness (QED) is 0.660. The third-order valence-corrected chi connectivity index (χ3v) is 4.01. The van der Waals surface area contributed by atoms with Crippen molar-refractivity contribution >= 4 is 17.4 Å². The monoisotopic (exact) mass is 373 g/mol. The molecule has 28 heavy (non-hydrogen) atoms. The summed E-state index contributed by atoms with van der Waals surface area (Å²) in [5, 5.41) is 14.8. The smallest absolute Gasteiger partial charge is 0.271 e. The molecule has 1 aromatic heterocycles. The van der Waals surface area contributed by atoms with Gasteiger partial charge in [-0.2, -0.15) is 5.26 Å². The van der Waals surface area contributed by atoms with E-state index in [0.29, 0.717) is 24.3 Å². The minimum atomic E-state index is -0.279. The van der Waals surface area contributed by atoms with Gasteiger partial charge >= 0.3 is 0 Å². The lowest BCUT2D eigenvalue weighted by Gasteiger charge is -2.07. The van der Waals surface area contributed by atoms with Crippen molar-refractivity contribution in [2.24, 2.45) is 0 Å². The van der Waals surface area contributed by atoms with Gasteiger partial charge in [-0.1, -0.05) is 18.2 Å². The second-order valence-corrected chi connectivity index (χ2v) is 5.96. The van der Waals surface area contributed by atoms with Crippen LogP contribution in [-0.2, 0) is 6.42 Å². The zero-order chi connectivity index (χ0) is 19.8. The molecule has 0 atom stereocenters. The SMILES string of the molecule is COc1ccc(CCNC(=O)c2cnc(Nc3cccc(C#N)c3)cn2)cc1. The molecule has 0 radical (unpaired) electrons. The summed E-state index contributed by atoms with van der Waals surface area (Å²) in [6.07, 6.45) is 3.61. The van der Waals surface area contributed by atoms with Gasteiger partial charge in [0.05, 0.1) is 31.1 Å². The van der Waals surface area contributed by atoms with E-state index in [9.17, 15) is 4.79 Å². The van der Waals surface area contributed by atoms with E-state index in [2.05, 4.69) is 26.7 Å². The van der Waals surface area contributed by atoms with Crippen molar-refractivity contribution in [1.29, 1.82) is 5.26 Å². The van der Waals surface area contributed by atoms with Crippen LogP contribution in [0.4, 0.5) is 11.5 Å². The van der Waals surface area contributed by atoms with Gasteiger partial charge in [0.15, 0.2) is 0 Å². The number of carbonyl (C=O) groups excluding carboxylic acids is 1. The molecule has 1 amide bonds. The van der Waals surface area contributed by atoms with Crippen molar-refractivity contribution in [2.45, 2.75) is 6.42 Å². The van der Waals surface area contributed by atoms with Crippen LogP contribution in [0, 0.1) is 11.3 Å². The number of nitriles is 1. The molecule has 2 N–H and O–H groups in total. The number of anilines is 2. The molecule has 0 aliphatic rings. The van der Waals surface area contributed by atoms with Gasteiger partial charge in [-0.05, 0) is 42.3 Å². The van der Waals surface area contributed by atoms with Gasteiger partial charge in [-0.15, -0.1) is 0 Å². The van der Waals surface area contributed by atoms with Crippen LogP contribution in [0.3, 0.4) is 0 Å². The molecular formula is C21H19N5O2. The van der Waals surface area contributed by atoms with Gasteiger partial charge in [0.2, 0.25) is 0 Å². The molecule has 0 aliphatic heterocycles. The molecule has 140 valence electrons. The summed E-state index contributed by atoms with van der Waals surface area (Å²) in [7, 11) is 1.63. The third-order valence-electron chi connectivity index (χ3n) is 4.01. The summed E-state index contributed by atoms with van der Waals surface area (Å²) in [5.74, 6) is 1.01. The predicted octanol–water partition coefficient (Wildman–Crippen LogP) is 3.07. The maximum Gasteiger partial charge on any atom is 0.271 e. The van der Waals surface area contributed by atoms with Crippen molar-refractivity contribution in [2.75, 3.05) is 19.0 Å². The number of hydrogen-bond donors (Lipinski definition) is 2. The molecule has 7 nitrogen and oxygen atoms in total. The minimum absolute atomic E-state index is 0.242. The van der Waals surface area contributed by atoms with Gasteiger partial charge in [0.25, 0.3) is 5.91 Å². The highest BCUT2D eigenvalue weighted by molar-refractivity contribution is 5.92. The third kappa shape index (κ3) is 5.05. The number of nitrogens with one attached hydrogen (secondary N) is 2. The Hall–Kier alpha value is -3.92. The van der Waals surface area contributed by atoms with Crippen molar-refractivity contribution in [1.82, 2.24) is 15.3 Å². The summed E-state index contributed by atoms with van der Waals surface area (Å²) >= 11 is 0. The van der Waals surface area contributed by atoms with Crippen LogP contribution in [0.25, 0.3) is 0 Å². The first-order chi connectivity index (χ1) is 13.7. The van der Waals surface area contributed by atoms with Crippen LogP contribution in [0.5, 0.6) is 5.75 Å². The first kappa shape index (κ1) is 18.9. The summed E-state index contributed by atoms with van der Waals surface area (Å²) in [5.41, 5.74) is 2.62. The molecule has 0 saturated heterocycles. The Morgan fingerprint density at radius 1 is 1.14 bits per heavy atom. The zero-order valence-corrected chi connectivity index (χ0v) is 15.3. The van der Waals surface area contributed by atoms with E-state index >= 15 is 0 Å². The number of carbonyl (C=O) groups is 1. The standard InChI is InChI=1S/C21H19N5O2/c1-28-18-7-5-15(6-8-18)9-10-23-21(27)19-13-25-20(14-24-19)26-17-4-2-3-16(11-17)12-22/h2-8,11,13-14H,9-10H2,1H3,(H,23,27)(H,25,26). The summed E-state index contributed by atoms with van der Waals surface area (Å²) in [6, 6.07) is 16.8. The van der Waals surface area contributed by atoms with E-state index in [1.54, 1.807) is 25.3 Å². The molecule has 0 saturated carbocycles. The van der Waals surface area contributed by atoms with E-state index in [1.165, 1.54) is 12.4 Å². The lowest BCUT2D eigenvalue weighted by molar-refractivity contribution is 0.0949. The first-order valence-corrected chi connectivity index (χ1v) is 8.68. The van der Waals surface area contributed by atoms with Crippen LogP contribution < -0.4 is 15.4 Å².